The standard InChI is InChI=1S/C20H13N7O5S/c28-19(13-6-8-14(9-7-13)26(29)30)25-24-18-17(27(31)32)20(23-11-22-18)33-15-5-1-3-12-4-2-10-21-16(12)15/h1-11H,(H,25,28)(H,22,23,24). The number of para-hydroxylation sites is 1. The van der Waals surface area contributed by atoms with Crippen molar-refractivity contribution in [3.8, 4) is 0 Å². The molecule has 0 fully saturated rings. The Kier molecular flexibility index (Phi) is 6.04. The van der Waals surface area contributed by atoms with Crippen molar-refractivity contribution < 1.29 is 14.6 Å². The molecule has 13 heteroatoms. The van der Waals surface area contributed by atoms with Gasteiger partial charge in [0.25, 0.3) is 11.6 Å². The summed E-state index contributed by atoms with van der Waals surface area (Å²) in [6.45, 7) is 0. The minimum absolute atomic E-state index is 0.0558. The lowest BCUT2D eigenvalue weighted by molar-refractivity contribution is -0.387. The number of nitrogens with zero attached hydrogens (tertiary/aromatic N) is 5. The molecule has 0 atom stereocenters. The van der Waals surface area contributed by atoms with E-state index in [0.717, 1.165) is 23.5 Å². The normalized spacial score (nSPS) is 10.5. The Morgan fingerprint density at radius 1 is 0.909 bits per heavy atom. The topological polar surface area (TPSA) is 166 Å². The molecule has 0 bridgehead atoms. The molecule has 0 radical (unpaired) electrons. The van der Waals surface area contributed by atoms with E-state index in [4.69, 9.17) is 0 Å². The van der Waals surface area contributed by atoms with Gasteiger partial charge in [-0.15, -0.1) is 0 Å². The average molecular weight is 463 g/mol. The number of hydrogen-bond acceptors (Lipinski definition) is 10. The van der Waals surface area contributed by atoms with Crippen LogP contribution in [0.3, 0.4) is 0 Å². The maximum Gasteiger partial charge on any atom is 0.345 e. The van der Waals surface area contributed by atoms with Crippen LogP contribution >= 0.6 is 11.8 Å². The summed E-state index contributed by atoms with van der Waals surface area (Å²) in [6, 6.07) is 14.0. The van der Waals surface area contributed by atoms with Gasteiger partial charge in [0.15, 0.2) is 5.03 Å². The van der Waals surface area contributed by atoms with Crippen LogP contribution in [0.25, 0.3) is 10.9 Å². The molecule has 164 valence electrons. The van der Waals surface area contributed by atoms with Gasteiger partial charge >= 0.3 is 5.69 Å². The Balaban J connectivity index is 1.58. The van der Waals surface area contributed by atoms with Gasteiger partial charge in [-0.1, -0.05) is 30.0 Å². The fraction of sp³-hybridized carbons (Fsp3) is 0. The predicted octanol–water partition coefficient (Wildman–Crippen LogP) is 3.75. The van der Waals surface area contributed by atoms with Crippen LogP contribution < -0.4 is 10.9 Å². The molecule has 2 aromatic carbocycles. The summed E-state index contributed by atoms with van der Waals surface area (Å²) in [5.74, 6) is -0.883. The quantitative estimate of drug-likeness (QED) is 0.234. The highest BCUT2D eigenvalue weighted by atomic mass is 32.2. The van der Waals surface area contributed by atoms with Gasteiger partial charge in [-0.05, 0) is 24.3 Å². The number of hydrazine groups is 1. The molecular weight excluding hydrogens is 450 g/mol. The first kappa shape index (κ1) is 21.6. The Morgan fingerprint density at radius 2 is 1.67 bits per heavy atom. The van der Waals surface area contributed by atoms with Crippen molar-refractivity contribution in [2.24, 2.45) is 0 Å². The first-order valence-electron chi connectivity index (χ1n) is 9.26. The Bertz CT molecular complexity index is 1380. The number of rotatable bonds is 7. The minimum atomic E-state index is -0.662. The van der Waals surface area contributed by atoms with Crippen molar-refractivity contribution >= 4 is 45.8 Å². The third kappa shape index (κ3) is 4.67. The zero-order valence-corrected chi connectivity index (χ0v) is 17.4. The third-order valence-electron chi connectivity index (χ3n) is 4.41. The molecule has 0 saturated heterocycles. The molecule has 2 heterocycles. The first-order chi connectivity index (χ1) is 15.9. The van der Waals surface area contributed by atoms with Crippen LogP contribution in [-0.4, -0.2) is 30.7 Å². The maximum absolute atomic E-state index is 12.3. The molecule has 4 aromatic rings. The molecule has 1 amide bonds. The molecule has 0 aliphatic rings. The van der Waals surface area contributed by atoms with E-state index in [1.54, 1.807) is 18.3 Å². The molecule has 0 unspecified atom stereocenters. The number of nitro groups is 2. The number of non-ortho nitro benzene ring substituents is 1. The number of anilines is 1. The largest absolute Gasteiger partial charge is 0.345 e. The van der Waals surface area contributed by atoms with Crippen molar-refractivity contribution in [3.05, 3.63) is 92.9 Å². The number of nitro benzene ring substituents is 1. The van der Waals surface area contributed by atoms with Crippen LogP contribution in [-0.2, 0) is 0 Å². The number of benzene rings is 2. The molecule has 2 N–H and O–H groups in total. The smallest absolute Gasteiger partial charge is 0.276 e. The number of pyridine rings is 1. The van der Waals surface area contributed by atoms with Crippen molar-refractivity contribution in [3.63, 3.8) is 0 Å². The van der Waals surface area contributed by atoms with Gasteiger partial charge in [-0.25, -0.2) is 9.97 Å². The summed E-state index contributed by atoms with van der Waals surface area (Å²) in [4.78, 5) is 46.5. The molecule has 33 heavy (non-hydrogen) atoms. The Hall–Kier alpha value is -4.65. The number of amides is 1. The summed E-state index contributed by atoms with van der Waals surface area (Å²) in [7, 11) is 0. The lowest BCUT2D eigenvalue weighted by atomic mass is 10.2. The zero-order valence-electron chi connectivity index (χ0n) is 16.5. The van der Waals surface area contributed by atoms with Crippen LogP contribution in [0.15, 0.2) is 77.0 Å². The van der Waals surface area contributed by atoms with E-state index in [-0.39, 0.29) is 22.1 Å². The minimum Gasteiger partial charge on any atom is -0.276 e. The van der Waals surface area contributed by atoms with Crippen molar-refractivity contribution in [1.29, 1.82) is 0 Å². The van der Waals surface area contributed by atoms with Gasteiger partial charge in [0.1, 0.15) is 6.33 Å². The molecule has 4 rings (SSSR count). The van der Waals surface area contributed by atoms with Crippen LogP contribution in [0.1, 0.15) is 10.4 Å². The van der Waals surface area contributed by atoms with E-state index >= 15 is 0 Å². The Morgan fingerprint density at radius 3 is 2.39 bits per heavy atom. The molecule has 12 nitrogen and oxygen atoms in total. The monoisotopic (exact) mass is 463 g/mol. The third-order valence-corrected chi connectivity index (χ3v) is 5.45. The van der Waals surface area contributed by atoms with Crippen LogP contribution in [0.2, 0.25) is 0 Å². The lowest BCUT2D eigenvalue weighted by Crippen LogP contribution is -2.30. The fourth-order valence-electron chi connectivity index (χ4n) is 2.88. The highest BCUT2D eigenvalue weighted by molar-refractivity contribution is 7.99. The summed E-state index contributed by atoms with van der Waals surface area (Å²) >= 11 is 1.05. The van der Waals surface area contributed by atoms with E-state index in [9.17, 15) is 25.0 Å². The predicted molar refractivity (Wildman–Crippen MR) is 119 cm³/mol. The van der Waals surface area contributed by atoms with E-state index in [1.165, 1.54) is 24.3 Å². The molecular formula is C20H13N7O5S. The van der Waals surface area contributed by atoms with Gasteiger partial charge in [0.05, 0.1) is 15.4 Å². The average Bonchev–Trinajstić information content (AvgIpc) is 2.82. The van der Waals surface area contributed by atoms with Crippen LogP contribution in [0, 0.1) is 20.2 Å². The number of fused-ring (bicyclic) bond motifs is 1. The number of carbonyl (C=O) groups is 1. The van der Waals surface area contributed by atoms with Crippen LogP contribution in [0.5, 0.6) is 0 Å². The summed E-state index contributed by atoms with van der Waals surface area (Å²) in [5.41, 5.74) is 4.92. The summed E-state index contributed by atoms with van der Waals surface area (Å²) in [6.07, 6.45) is 2.76. The zero-order chi connectivity index (χ0) is 23.4. The number of hydrogen-bond donors (Lipinski definition) is 2. The molecule has 2 aromatic heterocycles. The summed E-state index contributed by atoms with van der Waals surface area (Å²) in [5, 5.41) is 23.5. The van der Waals surface area contributed by atoms with E-state index in [0.29, 0.717) is 10.4 Å². The van der Waals surface area contributed by atoms with E-state index in [1.807, 2.05) is 18.2 Å². The highest BCUT2D eigenvalue weighted by Crippen LogP contribution is 2.38. The fourth-order valence-corrected chi connectivity index (χ4v) is 3.87. The SMILES string of the molecule is O=C(NNc1ncnc(Sc2cccc3cccnc23)c1[N+](=O)[O-])c1ccc([N+](=O)[O-])cc1. The van der Waals surface area contributed by atoms with Crippen LogP contribution in [0.4, 0.5) is 17.2 Å². The van der Waals surface area contributed by atoms with Crippen molar-refractivity contribution in [2.75, 3.05) is 5.43 Å². The second-order valence-electron chi connectivity index (χ2n) is 6.45. The van der Waals surface area contributed by atoms with Crippen molar-refractivity contribution in [2.45, 2.75) is 9.92 Å². The number of nitrogens with one attached hydrogen (secondary N) is 2. The van der Waals surface area contributed by atoms with Crippen molar-refractivity contribution in [1.82, 2.24) is 20.4 Å². The van der Waals surface area contributed by atoms with Gasteiger partial charge in [-0.3, -0.25) is 40.9 Å². The maximum atomic E-state index is 12.3. The molecule has 0 saturated carbocycles. The second-order valence-corrected chi connectivity index (χ2v) is 7.48. The molecule has 0 aliphatic heterocycles. The molecule has 0 spiro atoms. The Labute approximate surface area is 189 Å². The first-order valence-corrected chi connectivity index (χ1v) is 10.1. The summed E-state index contributed by atoms with van der Waals surface area (Å²) < 4.78 is 0. The van der Waals surface area contributed by atoms with Gasteiger partial charge in [0, 0.05) is 34.2 Å². The number of aromatic nitrogens is 3. The highest BCUT2D eigenvalue weighted by Gasteiger charge is 2.25. The second kappa shape index (κ2) is 9.23. The lowest BCUT2D eigenvalue weighted by Gasteiger charge is -2.10. The number of carbonyl (C=O) groups excluding carboxylic acids is 1. The van der Waals surface area contributed by atoms with Gasteiger partial charge < -0.3 is 0 Å². The van der Waals surface area contributed by atoms with Gasteiger partial charge in [0.2, 0.25) is 5.82 Å². The molecule has 0 aliphatic carbocycles. The van der Waals surface area contributed by atoms with Gasteiger partial charge in [-0.2, -0.15) is 0 Å². The van der Waals surface area contributed by atoms with E-state index < -0.39 is 21.4 Å². The van der Waals surface area contributed by atoms with E-state index in [2.05, 4.69) is 25.8 Å².